The molecule has 9 heteroatoms. The van der Waals surface area contributed by atoms with Crippen LogP contribution in [0.1, 0.15) is 0 Å². The van der Waals surface area contributed by atoms with Gasteiger partial charge in [0.15, 0.2) is 0 Å². The van der Waals surface area contributed by atoms with Gasteiger partial charge in [-0.05, 0) is 0 Å². The van der Waals surface area contributed by atoms with Crippen molar-refractivity contribution in [1.82, 2.24) is 0 Å². The van der Waals surface area contributed by atoms with Gasteiger partial charge in [0.1, 0.15) is 0 Å². The molecule has 0 aliphatic heterocycles. The van der Waals surface area contributed by atoms with Gasteiger partial charge in [0.2, 0.25) is 0 Å². The van der Waals surface area contributed by atoms with Crippen LogP contribution in [0.3, 0.4) is 0 Å². The van der Waals surface area contributed by atoms with E-state index in [-0.39, 0.29) is 0 Å². The van der Waals surface area contributed by atoms with Gasteiger partial charge in [-0.15, -0.1) is 0 Å². The SMILES string of the molecule is O=Nc1ccc([As](=O)(O)O)cc1[N+](=O)[O-]. The minimum atomic E-state index is -5.18. The fourth-order valence-electron chi connectivity index (χ4n) is 0.916. The average Bonchev–Trinajstić information content (AvgIpc) is 2.15. The molecule has 0 spiro atoms. The van der Waals surface area contributed by atoms with E-state index in [0.29, 0.717) is 6.07 Å². The Bertz CT molecular complexity index is 467. The van der Waals surface area contributed by atoms with Crippen LogP contribution in [0.25, 0.3) is 0 Å². The van der Waals surface area contributed by atoms with E-state index < -0.39 is 34.8 Å². The van der Waals surface area contributed by atoms with Gasteiger partial charge < -0.3 is 0 Å². The summed E-state index contributed by atoms with van der Waals surface area (Å²) in [5, 5.41) is 12.8. The zero-order valence-corrected chi connectivity index (χ0v) is 8.98. The van der Waals surface area contributed by atoms with Crippen molar-refractivity contribution < 1.29 is 16.9 Å². The first-order valence-corrected chi connectivity index (χ1v) is 6.92. The molecule has 2 N–H and O–H groups in total. The van der Waals surface area contributed by atoms with Crippen molar-refractivity contribution >= 4 is 29.9 Å². The molecule has 0 heterocycles. The van der Waals surface area contributed by atoms with Gasteiger partial charge >= 0.3 is 85.2 Å². The van der Waals surface area contributed by atoms with Crippen molar-refractivity contribution in [3.63, 3.8) is 0 Å². The maximum atomic E-state index is 10.8. The van der Waals surface area contributed by atoms with E-state index in [1.54, 1.807) is 0 Å². The van der Waals surface area contributed by atoms with E-state index in [9.17, 15) is 18.8 Å². The second kappa shape index (κ2) is 3.93. The fraction of sp³-hybridized carbons (Fsp3) is 0. The summed E-state index contributed by atoms with van der Waals surface area (Å²) in [7, 11) is 0. The minimum absolute atomic E-state index is 0.465. The molecule has 0 aliphatic rings. The Kier molecular flexibility index (Phi) is 3.03. The monoisotopic (exact) mass is 276 g/mol. The Balaban J connectivity index is 3.41. The molecule has 8 nitrogen and oxygen atoms in total. The van der Waals surface area contributed by atoms with Gasteiger partial charge in [-0.2, -0.15) is 0 Å². The second-order valence-electron chi connectivity index (χ2n) is 2.57. The van der Waals surface area contributed by atoms with Crippen LogP contribution in [0.4, 0.5) is 11.4 Å². The van der Waals surface area contributed by atoms with E-state index in [4.69, 9.17) is 8.19 Å². The van der Waals surface area contributed by atoms with E-state index in [1.807, 2.05) is 0 Å². The molecule has 0 saturated heterocycles. The van der Waals surface area contributed by atoms with Crippen molar-refractivity contribution in [2.24, 2.45) is 5.18 Å². The third-order valence-electron chi connectivity index (χ3n) is 1.59. The van der Waals surface area contributed by atoms with Crippen LogP contribution in [0.15, 0.2) is 23.4 Å². The Morgan fingerprint density at radius 1 is 1.40 bits per heavy atom. The molecule has 1 aromatic carbocycles. The van der Waals surface area contributed by atoms with Crippen LogP contribution in [0, 0.1) is 15.0 Å². The van der Waals surface area contributed by atoms with Crippen molar-refractivity contribution in [3.8, 4) is 0 Å². The predicted molar refractivity (Wildman–Crippen MR) is 49.1 cm³/mol. The number of nitroso groups, excluding NO2 is 1. The van der Waals surface area contributed by atoms with Crippen LogP contribution in [-0.2, 0) is 3.74 Å². The molecule has 0 amide bonds. The van der Waals surface area contributed by atoms with Crippen molar-refractivity contribution in [1.29, 1.82) is 0 Å². The molecule has 80 valence electrons. The summed E-state index contributed by atoms with van der Waals surface area (Å²) in [5.41, 5.74) is -1.18. The topological polar surface area (TPSA) is 130 Å². The second-order valence-corrected chi connectivity index (χ2v) is 5.93. The van der Waals surface area contributed by atoms with Gasteiger partial charge in [0, 0.05) is 0 Å². The summed E-state index contributed by atoms with van der Waals surface area (Å²) in [4.78, 5) is 19.6. The van der Waals surface area contributed by atoms with E-state index in [1.165, 1.54) is 0 Å². The third-order valence-corrected chi connectivity index (χ3v) is 3.59. The van der Waals surface area contributed by atoms with Crippen LogP contribution in [0.5, 0.6) is 0 Å². The van der Waals surface area contributed by atoms with Crippen LogP contribution in [0.2, 0.25) is 0 Å². The summed E-state index contributed by atoms with van der Waals surface area (Å²) in [6.07, 6.45) is 0. The molecule has 1 aromatic rings. The van der Waals surface area contributed by atoms with Crippen LogP contribution in [-0.4, -0.2) is 27.3 Å². The summed E-state index contributed by atoms with van der Waals surface area (Å²) in [6.45, 7) is 0. The van der Waals surface area contributed by atoms with Crippen LogP contribution >= 0.6 is 0 Å². The van der Waals surface area contributed by atoms with Gasteiger partial charge in [0.25, 0.3) is 0 Å². The predicted octanol–water partition coefficient (Wildman–Crippen LogP) is -0.446. The number of rotatable bonds is 3. The summed E-state index contributed by atoms with van der Waals surface area (Å²) in [5.74, 6) is 0. The quantitative estimate of drug-likeness (QED) is 0.333. The van der Waals surface area contributed by atoms with E-state index >= 15 is 0 Å². The summed E-state index contributed by atoms with van der Waals surface area (Å²) < 4.78 is 28.0. The molecular formula is C6H5AsN2O6. The summed E-state index contributed by atoms with van der Waals surface area (Å²) in [6, 6.07) is 2.52. The van der Waals surface area contributed by atoms with Gasteiger partial charge in [-0.3, -0.25) is 0 Å². The van der Waals surface area contributed by atoms with Crippen molar-refractivity contribution in [2.75, 3.05) is 0 Å². The van der Waals surface area contributed by atoms with Crippen LogP contribution < -0.4 is 4.35 Å². The number of benzene rings is 1. The van der Waals surface area contributed by atoms with Gasteiger partial charge in [-0.1, -0.05) is 0 Å². The van der Waals surface area contributed by atoms with Gasteiger partial charge in [-0.25, -0.2) is 0 Å². The number of nitrogens with zero attached hydrogens (tertiary/aromatic N) is 2. The Morgan fingerprint density at radius 3 is 2.40 bits per heavy atom. The Hall–Kier alpha value is -1.50. The average molecular weight is 276 g/mol. The molecule has 0 unspecified atom stereocenters. The standard InChI is InChI=1S/C6H5AsN2O6/c10-7(11,12)4-1-2-5(8-13)6(3-4)9(14)15/h1-3H,(H2,10,11,12). The third kappa shape index (κ3) is 2.49. The zero-order chi connectivity index (χ0) is 11.6. The number of nitro groups is 1. The maximum absolute atomic E-state index is 10.8. The van der Waals surface area contributed by atoms with Gasteiger partial charge in [0.05, 0.1) is 0 Å². The first kappa shape index (κ1) is 11.6. The molecule has 0 atom stereocenters. The summed E-state index contributed by atoms with van der Waals surface area (Å²) >= 11 is -5.18. The molecule has 0 fully saturated rings. The normalized spacial score (nSPS) is 11.1. The van der Waals surface area contributed by atoms with Crippen molar-refractivity contribution in [3.05, 3.63) is 33.2 Å². The molecule has 0 aromatic heterocycles. The molecule has 0 saturated carbocycles. The van der Waals surface area contributed by atoms with E-state index in [0.717, 1.165) is 12.1 Å². The number of nitro benzene ring substituents is 1. The Morgan fingerprint density at radius 2 is 2.00 bits per heavy atom. The Labute approximate surface area is 85.7 Å². The number of hydrogen-bond acceptors (Lipinski definition) is 5. The first-order valence-electron chi connectivity index (χ1n) is 3.54. The fourth-order valence-corrected chi connectivity index (χ4v) is 2.09. The zero-order valence-electron chi connectivity index (χ0n) is 7.10. The first-order chi connectivity index (χ1) is 6.86. The van der Waals surface area contributed by atoms with Crippen molar-refractivity contribution in [2.45, 2.75) is 0 Å². The molecule has 0 radical (unpaired) electrons. The molecule has 15 heavy (non-hydrogen) atoms. The molecule has 0 aliphatic carbocycles. The molecule has 0 bridgehead atoms. The molecule has 1 rings (SSSR count). The molecular weight excluding hydrogens is 271 g/mol. The number of hydrogen-bond donors (Lipinski definition) is 2. The van der Waals surface area contributed by atoms with E-state index in [2.05, 4.69) is 5.18 Å².